The van der Waals surface area contributed by atoms with E-state index in [9.17, 15) is 9.59 Å². The zero-order chi connectivity index (χ0) is 20.8. The lowest BCUT2D eigenvalue weighted by molar-refractivity contribution is 0.102. The molecular formula is C21H21ClN4O3. The van der Waals surface area contributed by atoms with Gasteiger partial charge in [-0.1, -0.05) is 49.7 Å². The Balaban J connectivity index is 1.59. The van der Waals surface area contributed by atoms with Crippen LogP contribution in [0.4, 0.5) is 16.2 Å². The number of nitrogens with zero attached hydrogens (tertiary/aromatic N) is 1. The number of amides is 3. The third kappa shape index (κ3) is 5.36. The summed E-state index contributed by atoms with van der Waals surface area (Å²) in [6.07, 6.45) is 1.27. The summed E-state index contributed by atoms with van der Waals surface area (Å²) in [5.41, 5.74) is 2.21. The van der Waals surface area contributed by atoms with Gasteiger partial charge in [0.15, 0.2) is 12.1 Å². The Morgan fingerprint density at radius 2 is 1.90 bits per heavy atom. The fourth-order valence-corrected chi connectivity index (χ4v) is 2.88. The number of urea groups is 1. The summed E-state index contributed by atoms with van der Waals surface area (Å²) in [5, 5.41) is 8.72. The molecule has 3 aromatic rings. The molecule has 0 aliphatic carbocycles. The summed E-state index contributed by atoms with van der Waals surface area (Å²) in [7, 11) is 0. The molecule has 1 heterocycles. The number of anilines is 2. The standard InChI is InChI=1S/C21H21ClN4O3/c1-13(2)19-18(24-12-29-19)20(27)25-15-7-5-6-14(10-15)11-23-21(28)26-17-9-4-3-8-16(17)22/h3-10,12-13H,11H2,1-2H3,(H,25,27)(H2,23,26,28). The van der Waals surface area contributed by atoms with E-state index in [4.69, 9.17) is 16.0 Å². The summed E-state index contributed by atoms with van der Waals surface area (Å²) < 4.78 is 5.29. The number of oxazole rings is 1. The van der Waals surface area contributed by atoms with Crippen LogP contribution in [0.3, 0.4) is 0 Å². The Morgan fingerprint density at radius 3 is 2.66 bits per heavy atom. The highest BCUT2D eigenvalue weighted by Crippen LogP contribution is 2.21. The van der Waals surface area contributed by atoms with Gasteiger partial charge in [-0.05, 0) is 29.8 Å². The van der Waals surface area contributed by atoms with Crippen LogP contribution in [0.25, 0.3) is 0 Å². The zero-order valence-corrected chi connectivity index (χ0v) is 16.8. The second-order valence-corrected chi connectivity index (χ2v) is 7.07. The van der Waals surface area contributed by atoms with Gasteiger partial charge in [-0.2, -0.15) is 0 Å². The molecule has 0 bridgehead atoms. The van der Waals surface area contributed by atoms with Gasteiger partial charge in [0.2, 0.25) is 0 Å². The molecule has 8 heteroatoms. The van der Waals surface area contributed by atoms with Crippen molar-refractivity contribution in [3.05, 3.63) is 77.0 Å². The number of carbonyl (C=O) groups is 2. The van der Waals surface area contributed by atoms with Gasteiger partial charge in [0.1, 0.15) is 5.76 Å². The molecule has 0 saturated heterocycles. The topological polar surface area (TPSA) is 96.3 Å². The molecule has 0 radical (unpaired) electrons. The minimum atomic E-state index is -0.378. The molecular weight excluding hydrogens is 392 g/mol. The average Bonchev–Trinajstić information content (AvgIpc) is 3.19. The Hall–Kier alpha value is -3.32. The first-order chi connectivity index (χ1) is 13.9. The van der Waals surface area contributed by atoms with E-state index in [-0.39, 0.29) is 30.1 Å². The number of halogens is 1. The molecule has 0 unspecified atom stereocenters. The third-order valence-electron chi connectivity index (χ3n) is 4.09. The van der Waals surface area contributed by atoms with Gasteiger partial charge in [0, 0.05) is 18.2 Å². The van der Waals surface area contributed by atoms with E-state index in [1.807, 2.05) is 19.9 Å². The molecule has 2 aromatic carbocycles. The van der Waals surface area contributed by atoms with Crippen LogP contribution < -0.4 is 16.0 Å². The summed E-state index contributed by atoms with van der Waals surface area (Å²) in [6, 6.07) is 13.8. The first-order valence-corrected chi connectivity index (χ1v) is 9.45. The molecule has 0 spiro atoms. The maximum atomic E-state index is 12.5. The van der Waals surface area contributed by atoms with Gasteiger partial charge >= 0.3 is 6.03 Å². The third-order valence-corrected chi connectivity index (χ3v) is 4.42. The minimum Gasteiger partial charge on any atom is -0.447 e. The van der Waals surface area contributed by atoms with Gasteiger partial charge in [0.05, 0.1) is 10.7 Å². The van der Waals surface area contributed by atoms with Gasteiger partial charge in [-0.3, -0.25) is 4.79 Å². The molecule has 0 aliphatic rings. The highest BCUT2D eigenvalue weighted by molar-refractivity contribution is 6.33. The van der Waals surface area contributed by atoms with E-state index in [1.165, 1.54) is 6.39 Å². The quantitative estimate of drug-likeness (QED) is 0.529. The highest BCUT2D eigenvalue weighted by Gasteiger charge is 2.19. The molecule has 1 aromatic heterocycles. The Kier molecular flexibility index (Phi) is 6.51. The number of aromatic nitrogens is 1. The number of para-hydroxylation sites is 1. The summed E-state index contributed by atoms with van der Waals surface area (Å²) in [4.78, 5) is 28.6. The molecule has 3 N–H and O–H groups in total. The number of hydrogen-bond donors (Lipinski definition) is 3. The molecule has 7 nitrogen and oxygen atoms in total. The van der Waals surface area contributed by atoms with Crippen molar-refractivity contribution in [3.8, 4) is 0 Å². The number of carbonyl (C=O) groups excluding carboxylic acids is 2. The van der Waals surface area contributed by atoms with Crippen LogP contribution in [0, 0.1) is 0 Å². The smallest absolute Gasteiger partial charge is 0.319 e. The lowest BCUT2D eigenvalue weighted by Gasteiger charge is -2.10. The van der Waals surface area contributed by atoms with Crippen LogP contribution in [0.5, 0.6) is 0 Å². The molecule has 0 fully saturated rings. The molecule has 150 valence electrons. The van der Waals surface area contributed by atoms with E-state index >= 15 is 0 Å². The SMILES string of the molecule is CC(C)c1ocnc1C(=O)Nc1cccc(CNC(=O)Nc2ccccc2Cl)c1. The summed E-state index contributed by atoms with van der Waals surface area (Å²) in [5.74, 6) is 0.242. The number of hydrogen-bond acceptors (Lipinski definition) is 4. The van der Waals surface area contributed by atoms with Crippen LogP contribution in [0.1, 0.15) is 41.6 Å². The minimum absolute atomic E-state index is 0.0467. The number of rotatable bonds is 6. The van der Waals surface area contributed by atoms with Crippen LogP contribution in [-0.2, 0) is 6.54 Å². The van der Waals surface area contributed by atoms with Crippen LogP contribution in [-0.4, -0.2) is 16.9 Å². The van der Waals surface area contributed by atoms with Crippen molar-refractivity contribution < 1.29 is 14.0 Å². The Morgan fingerprint density at radius 1 is 1.10 bits per heavy atom. The lowest BCUT2D eigenvalue weighted by Crippen LogP contribution is -2.28. The molecule has 3 amide bonds. The first kappa shape index (κ1) is 20.4. The van der Waals surface area contributed by atoms with E-state index < -0.39 is 0 Å². The summed E-state index contributed by atoms with van der Waals surface area (Å²) >= 11 is 6.03. The Labute approximate surface area is 173 Å². The van der Waals surface area contributed by atoms with Crippen molar-refractivity contribution in [2.45, 2.75) is 26.3 Å². The van der Waals surface area contributed by atoms with E-state index in [0.29, 0.717) is 22.2 Å². The Bertz CT molecular complexity index is 1020. The molecule has 29 heavy (non-hydrogen) atoms. The van der Waals surface area contributed by atoms with Crippen molar-refractivity contribution in [1.82, 2.24) is 10.3 Å². The number of nitrogens with one attached hydrogen (secondary N) is 3. The molecule has 0 saturated carbocycles. The lowest BCUT2D eigenvalue weighted by atomic mass is 10.1. The van der Waals surface area contributed by atoms with E-state index in [2.05, 4.69) is 20.9 Å². The fourth-order valence-electron chi connectivity index (χ4n) is 2.70. The maximum Gasteiger partial charge on any atom is 0.319 e. The van der Waals surface area contributed by atoms with Crippen molar-refractivity contribution in [2.75, 3.05) is 10.6 Å². The first-order valence-electron chi connectivity index (χ1n) is 9.07. The normalized spacial score (nSPS) is 10.6. The second-order valence-electron chi connectivity index (χ2n) is 6.66. The van der Waals surface area contributed by atoms with Gasteiger partial charge < -0.3 is 20.4 Å². The van der Waals surface area contributed by atoms with Crippen molar-refractivity contribution in [2.24, 2.45) is 0 Å². The van der Waals surface area contributed by atoms with Crippen LogP contribution in [0.2, 0.25) is 5.02 Å². The summed E-state index contributed by atoms with van der Waals surface area (Å²) in [6.45, 7) is 4.13. The second kappa shape index (κ2) is 9.25. The number of benzene rings is 2. The van der Waals surface area contributed by atoms with Gasteiger partial charge in [-0.15, -0.1) is 0 Å². The maximum absolute atomic E-state index is 12.5. The van der Waals surface area contributed by atoms with E-state index in [1.54, 1.807) is 42.5 Å². The zero-order valence-electron chi connectivity index (χ0n) is 16.0. The average molecular weight is 413 g/mol. The molecule has 0 atom stereocenters. The van der Waals surface area contributed by atoms with Crippen LogP contribution in [0.15, 0.2) is 59.3 Å². The van der Waals surface area contributed by atoms with Crippen LogP contribution >= 0.6 is 11.6 Å². The van der Waals surface area contributed by atoms with Gasteiger partial charge in [-0.25, -0.2) is 9.78 Å². The highest BCUT2D eigenvalue weighted by atomic mass is 35.5. The predicted octanol–water partition coefficient (Wildman–Crippen LogP) is 5.03. The monoisotopic (exact) mass is 412 g/mol. The van der Waals surface area contributed by atoms with Gasteiger partial charge in [0.25, 0.3) is 5.91 Å². The molecule has 3 rings (SSSR count). The van der Waals surface area contributed by atoms with E-state index in [0.717, 1.165) is 5.56 Å². The fraction of sp³-hybridized carbons (Fsp3) is 0.190. The van der Waals surface area contributed by atoms with Crippen molar-refractivity contribution in [1.29, 1.82) is 0 Å². The predicted molar refractivity (Wildman–Crippen MR) is 112 cm³/mol. The largest absolute Gasteiger partial charge is 0.447 e. The molecule has 0 aliphatic heterocycles. The van der Waals surface area contributed by atoms with Crippen molar-refractivity contribution >= 4 is 34.9 Å². The van der Waals surface area contributed by atoms with Crippen molar-refractivity contribution in [3.63, 3.8) is 0 Å².